The summed E-state index contributed by atoms with van der Waals surface area (Å²) in [5.41, 5.74) is 0. The Labute approximate surface area is 73.4 Å². The SMILES string of the molecule is CC.CC/C=C\CCNCC.[HH]. The molecular weight excluding hydrogens is 134 g/mol. The van der Waals surface area contributed by atoms with Gasteiger partial charge in [-0.2, -0.15) is 0 Å². The lowest BCUT2D eigenvalue weighted by Crippen LogP contribution is -2.12. The Morgan fingerprint density at radius 1 is 1.18 bits per heavy atom. The van der Waals surface area contributed by atoms with Gasteiger partial charge < -0.3 is 5.32 Å². The molecule has 11 heavy (non-hydrogen) atoms. The Balaban J connectivity index is -0.000000249. The molecule has 0 heterocycles. The van der Waals surface area contributed by atoms with Crippen molar-refractivity contribution < 1.29 is 1.43 Å². The predicted molar refractivity (Wildman–Crippen MR) is 56.1 cm³/mol. The second kappa shape index (κ2) is 16.4. The maximum absolute atomic E-state index is 3.26. The van der Waals surface area contributed by atoms with Crippen molar-refractivity contribution in [2.45, 2.75) is 40.5 Å². The fourth-order valence-corrected chi connectivity index (χ4v) is 0.647. The minimum Gasteiger partial charge on any atom is -0.317 e. The largest absolute Gasteiger partial charge is 0.317 e. The molecule has 0 atom stereocenters. The van der Waals surface area contributed by atoms with E-state index in [9.17, 15) is 0 Å². The van der Waals surface area contributed by atoms with Crippen LogP contribution in [0.2, 0.25) is 0 Å². The van der Waals surface area contributed by atoms with Crippen LogP contribution in [0.15, 0.2) is 12.2 Å². The molecule has 0 spiro atoms. The van der Waals surface area contributed by atoms with Gasteiger partial charge in [-0.05, 0) is 25.9 Å². The lowest BCUT2D eigenvalue weighted by molar-refractivity contribution is 0.726. The van der Waals surface area contributed by atoms with Crippen molar-refractivity contribution in [3.63, 3.8) is 0 Å². The van der Waals surface area contributed by atoms with Gasteiger partial charge in [0.2, 0.25) is 0 Å². The zero-order valence-electron chi connectivity index (χ0n) is 8.48. The molecule has 0 aromatic heterocycles. The van der Waals surface area contributed by atoms with Crippen molar-refractivity contribution >= 4 is 0 Å². The lowest BCUT2D eigenvalue weighted by Gasteiger charge is -1.94. The quantitative estimate of drug-likeness (QED) is 0.480. The summed E-state index contributed by atoms with van der Waals surface area (Å²) >= 11 is 0. The summed E-state index contributed by atoms with van der Waals surface area (Å²) in [7, 11) is 0. The number of nitrogens with one attached hydrogen (secondary N) is 1. The van der Waals surface area contributed by atoms with Crippen molar-refractivity contribution in [1.82, 2.24) is 5.32 Å². The van der Waals surface area contributed by atoms with E-state index in [4.69, 9.17) is 0 Å². The van der Waals surface area contributed by atoms with Gasteiger partial charge in [-0.25, -0.2) is 0 Å². The molecule has 0 unspecified atom stereocenters. The van der Waals surface area contributed by atoms with Gasteiger partial charge in [0.15, 0.2) is 0 Å². The van der Waals surface area contributed by atoms with Crippen LogP contribution in [0.1, 0.15) is 42.0 Å². The maximum atomic E-state index is 3.26. The van der Waals surface area contributed by atoms with E-state index in [0.29, 0.717) is 0 Å². The third-order valence-corrected chi connectivity index (χ3v) is 1.14. The van der Waals surface area contributed by atoms with Crippen LogP contribution in [0.5, 0.6) is 0 Å². The molecule has 0 saturated carbocycles. The van der Waals surface area contributed by atoms with E-state index in [1.807, 2.05) is 13.8 Å². The summed E-state index contributed by atoms with van der Waals surface area (Å²) in [6.07, 6.45) is 6.76. The minimum absolute atomic E-state index is 0. The molecule has 0 aliphatic rings. The topological polar surface area (TPSA) is 12.0 Å². The van der Waals surface area contributed by atoms with Crippen LogP contribution < -0.4 is 5.32 Å². The zero-order chi connectivity index (χ0) is 8.95. The van der Waals surface area contributed by atoms with Crippen LogP contribution in [0.3, 0.4) is 0 Å². The molecule has 1 heteroatoms. The Hall–Kier alpha value is -0.300. The van der Waals surface area contributed by atoms with E-state index in [0.717, 1.165) is 19.5 Å². The third kappa shape index (κ3) is 17.7. The first kappa shape index (κ1) is 13.3. The number of hydrogen-bond acceptors (Lipinski definition) is 1. The summed E-state index contributed by atoms with van der Waals surface area (Å²) in [5.74, 6) is 0. The molecule has 0 aliphatic heterocycles. The van der Waals surface area contributed by atoms with E-state index in [1.54, 1.807) is 0 Å². The van der Waals surface area contributed by atoms with Crippen LogP contribution in [0.4, 0.5) is 0 Å². The van der Waals surface area contributed by atoms with Crippen LogP contribution in [-0.2, 0) is 0 Å². The van der Waals surface area contributed by atoms with Gasteiger partial charge in [0.1, 0.15) is 0 Å². The van der Waals surface area contributed by atoms with Gasteiger partial charge in [-0.3, -0.25) is 0 Å². The number of allylic oxidation sites excluding steroid dienone is 1. The Kier molecular flexibility index (Phi) is 19.8. The van der Waals surface area contributed by atoms with Crippen molar-refractivity contribution in [2.24, 2.45) is 0 Å². The molecule has 1 N–H and O–H groups in total. The molecule has 0 aromatic carbocycles. The van der Waals surface area contributed by atoms with Crippen molar-refractivity contribution in [3.8, 4) is 0 Å². The summed E-state index contributed by atoms with van der Waals surface area (Å²) < 4.78 is 0. The van der Waals surface area contributed by atoms with Gasteiger partial charge >= 0.3 is 0 Å². The van der Waals surface area contributed by atoms with Gasteiger partial charge in [0.05, 0.1) is 0 Å². The highest BCUT2D eigenvalue weighted by Crippen LogP contribution is 1.83. The summed E-state index contributed by atoms with van der Waals surface area (Å²) in [6, 6.07) is 0. The number of hydrogen-bond donors (Lipinski definition) is 1. The standard InChI is InChI=1S/C8H17N.C2H6.H2/c1-3-5-6-7-8-9-4-2;1-2;/h5-6,9H,3-4,7-8H2,1-2H3;1-2H3;1H/b6-5-;;. The monoisotopic (exact) mass is 159 g/mol. The number of rotatable bonds is 5. The third-order valence-electron chi connectivity index (χ3n) is 1.14. The van der Waals surface area contributed by atoms with Crippen molar-refractivity contribution in [1.29, 1.82) is 0 Å². The van der Waals surface area contributed by atoms with Crippen LogP contribution >= 0.6 is 0 Å². The van der Waals surface area contributed by atoms with Gasteiger partial charge in [0, 0.05) is 1.43 Å². The summed E-state index contributed by atoms with van der Waals surface area (Å²) in [6.45, 7) is 10.5. The van der Waals surface area contributed by atoms with E-state index < -0.39 is 0 Å². The average Bonchev–Trinajstić information content (AvgIpc) is 2.08. The molecule has 0 bridgehead atoms. The fourth-order valence-electron chi connectivity index (χ4n) is 0.647. The van der Waals surface area contributed by atoms with Crippen LogP contribution in [-0.4, -0.2) is 13.1 Å². The van der Waals surface area contributed by atoms with Crippen molar-refractivity contribution in [3.05, 3.63) is 12.2 Å². The first-order valence-electron chi connectivity index (χ1n) is 4.77. The Morgan fingerprint density at radius 3 is 2.27 bits per heavy atom. The first-order valence-corrected chi connectivity index (χ1v) is 4.77. The molecule has 1 nitrogen and oxygen atoms in total. The smallest absolute Gasteiger partial charge is 0 e. The van der Waals surface area contributed by atoms with E-state index in [1.165, 1.54) is 6.42 Å². The van der Waals surface area contributed by atoms with E-state index in [2.05, 4.69) is 31.3 Å². The first-order chi connectivity index (χ1) is 5.41. The Bertz CT molecular complexity index is 72.2. The summed E-state index contributed by atoms with van der Waals surface area (Å²) in [5, 5.41) is 3.26. The van der Waals surface area contributed by atoms with Gasteiger partial charge in [-0.1, -0.05) is 39.8 Å². The highest BCUT2D eigenvalue weighted by Gasteiger charge is 1.76. The van der Waals surface area contributed by atoms with Gasteiger partial charge in [-0.15, -0.1) is 0 Å². The van der Waals surface area contributed by atoms with Crippen molar-refractivity contribution in [2.75, 3.05) is 13.1 Å². The highest BCUT2D eigenvalue weighted by molar-refractivity contribution is 4.80. The van der Waals surface area contributed by atoms with Crippen LogP contribution in [0.25, 0.3) is 0 Å². The molecule has 0 fully saturated rings. The molecule has 0 aliphatic carbocycles. The second-order valence-corrected chi connectivity index (χ2v) is 2.02. The van der Waals surface area contributed by atoms with Gasteiger partial charge in [0.25, 0.3) is 0 Å². The Morgan fingerprint density at radius 2 is 1.82 bits per heavy atom. The molecule has 0 saturated heterocycles. The normalized spacial score (nSPS) is 9.45. The lowest BCUT2D eigenvalue weighted by atomic mass is 10.3. The minimum atomic E-state index is 0. The molecular formula is C10H25N. The molecule has 0 amide bonds. The molecule has 0 rings (SSSR count). The fraction of sp³-hybridized carbons (Fsp3) is 0.800. The molecule has 0 aromatic rings. The predicted octanol–water partition coefficient (Wildman–Crippen LogP) is 3.22. The maximum Gasteiger partial charge on any atom is 0 e. The van der Waals surface area contributed by atoms with E-state index >= 15 is 0 Å². The molecule has 70 valence electrons. The average molecular weight is 159 g/mol. The summed E-state index contributed by atoms with van der Waals surface area (Å²) in [4.78, 5) is 0. The zero-order valence-corrected chi connectivity index (χ0v) is 8.48. The van der Waals surface area contributed by atoms with Crippen LogP contribution in [0, 0.1) is 0 Å². The molecule has 0 radical (unpaired) electrons. The van der Waals surface area contributed by atoms with E-state index in [-0.39, 0.29) is 1.43 Å². The second-order valence-electron chi connectivity index (χ2n) is 2.02. The highest BCUT2D eigenvalue weighted by atomic mass is 14.8.